The van der Waals surface area contributed by atoms with Crippen molar-refractivity contribution in [2.45, 2.75) is 39.8 Å². The Labute approximate surface area is 113 Å². The Kier molecular flexibility index (Phi) is 3.90. The molecular weight excluding hydrogens is 245 g/mol. The van der Waals surface area contributed by atoms with Gasteiger partial charge in [0.05, 0.1) is 12.7 Å². The van der Waals surface area contributed by atoms with Gasteiger partial charge in [-0.2, -0.15) is 0 Å². The number of ether oxygens (including phenoxy) is 1. The molecule has 0 radical (unpaired) electrons. The third-order valence-corrected chi connectivity index (χ3v) is 3.57. The standard InChI is InChI=1S/C15H20FNO2/c1-9-5-15(13(12(4)18)6-14(9)16)17-7-11(3)19-8-10(17)2/h5-6,10-11H,7-8H2,1-4H3. The summed E-state index contributed by atoms with van der Waals surface area (Å²) in [5.74, 6) is -0.442. The van der Waals surface area contributed by atoms with Crippen LogP contribution in [0.2, 0.25) is 0 Å². The number of benzene rings is 1. The van der Waals surface area contributed by atoms with E-state index in [0.717, 1.165) is 5.69 Å². The molecular formula is C15H20FNO2. The second kappa shape index (κ2) is 5.29. The number of nitrogens with zero attached hydrogens (tertiary/aromatic N) is 1. The minimum Gasteiger partial charge on any atom is -0.375 e. The first-order chi connectivity index (χ1) is 8.90. The molecule has 19 heavy (non-hydrogen) atoms. The summed E-state index contributed by atoms with van der Waals surface area (Å²) in [5, 5.41) is 0. The predicted molar refractivity (Wildman–Crippen MR) is 73.4 cm³/mol. The van der Waals surface area contributed by atoms with Crippen molar-refractivity contribution in [3.8, 4) is 0 Å². The third-order valence-electron chi connectivity index (χ3n) is 3.57. The SMILES string of the molecule is CC(=O)c1cc(F)c(C)cc1N1CC(C)OCC1C. The number of anilines is 1. The van der Waals surface area contributed by atoms with Crippen molar-refractivity contribution in [3.63, 3.8) is 0 Å². The number of rotatable bonds is 2. The Morgan fingerprint density at radius 2 is 2.11 bits per heavy atom. The Hall–Kier alpha value is -1.42. The summed E-state index contributed by atoms with van der Waals surface area (Å²) in [6.07, 6.45) is 0.112. The van der Waals surface area contributed by atoms with Crippen LogP contribution in [0.1, 0.15) is 36.7 Å². The van der Waals surface area contributed by atoms with E-state index in [2.05, 4.69) is 11.8 Å². The van der Waals surface area contributed by atoms with Crippen molar-refractivity contribution in [3.05, 3.63) is 29.1 Å². The average molecular weight is 265 g/mol. The van der Waals surface area contributed by atoms with Gasteiger partial charge in [-0.15, -0.1) is 0 Å². The first-order valence-corrected chi connectivity index (χ1v) is 6.59. The van der Waals surface area contributed by atoms with Crippen LogP contribution in [0.3, 0.4) is 0 Å². The van der Waals surface area contributed by atoms with Gasteiger partial charge in [-0.05, 0) is 45.4 Å². The van der Waals surface area contributed by atoms with Gasteiger partial charge in [0.25, 0.3) is 0 Å². The number of aryl methyl sites for hydroxylation is 1. The quantitative estimate of drug-likeness (QED) is 0.770. The molecule has 2 unspecified atom stereocenters. The number of halogens is 1. The molecule has 1 fully saturated rings. The minimum absolute atomic E-state index is 0.111. The van der Waals surface area contributed by atoms with E-state index in [9.17, 15) is 9.18 Å². The van der Waals surface area contributed by atoms with Gasteiger partial charge in [0.2, 0.25) is 0 Å². The van der Waals surface area contributed by atoms with Gasteiger partial charge in [0, 0.05) is 23.8 Å². The van der Waals surface area contributed by atoms with E-state index in [1.807, 2.05) is 6.92 Å². The van der Waals surface area contributed by atoms with Gasteiger partial charge >= 0.3 is 0 Å². The lowest BCUT2D eigenvalue weighted by Gasteiger charge is -2.39. The minimum atomic E-state index is -0.331. The van der Waals surface area contributed by atoms with Crippen LogP contribution >= 0.6 is 0 Å². The van der Waals surface area contributed by atoms with Crippen LogP contribution < -0.4 is 4.90 Å². The van der Waals surface area contributed by atoms with Gasteiger partial charge in [-0.1, -0.05) is 0 Å². The van der Waals surface area contributed by atoms with Crippen LogP contribution in [0.25, 0.3) is 0 Å². The zero-order valence-electron chi connectivity index (χ0n) is 11.9. The van der Waals surface area contributed by atoms with Crippen LogP contribution in [-0.2, 0) is 4.74 Å². The van der Waals surface area contributed by atoms with Gasteiger partial charge < -0.3 is 9.64 Å². The van der Waals surface area contributed by atoms with Crippen molar-refractivity contribution in [2.24, 2.45) is 0 Å². The zero-order chi connectivity index (χ0) is 14.2. The van der Waals surface area contributed by atoms with Crippen molar-refractivity contribution in [1.82, 2.24) is 0 Å². The molecule has 1 aliphatic heterocycles. The lowest BCUT2D eigenvalue weighted by atomic mass is 10.0. The van der Waals surface area contributed by atoms with Crippen molar-refractivity contribution >= 4 is 11.5 Å². The summed E-state index contributed by atoms with van der Waals surface area (Å²) in [7, 11) is 0. The first kappa shape index (κ1) is 14.0. The fraction of sp³-hybridized carbons (Fsp3) is 0.533. The molecule has 1 aromatic carbocycles. The Bertz CT molecular complexity index is 501. The van der Waals surface area contributed by atoms with Gasteiger partial charge in [0.1, 0.15) is 5.82 Å². The zero-order valence-corrected chi connectivity index (χ0v) is 11.9. The molecule has 1 saturated heterocycles. The molecule has 1 aromatic rings. The van der Waals surface area contributed by atoms with Crippen molar-refractivity contribution in [1.29, 1.82) is 0 Å². The lowest BCUT2D eigenvalue weighted by molar-refractivity contribution is 0.0343. The van der Waals surface area contributed by atoms with Crippen LogP contribution in [-0.4, -0.2) is 31.1 Å². The van der Waals surface area contributed by atoms with Crippen LogP contribution in [0, 0.1) is 12.7 Å². The summed E-state index contributed by atoms with van der Waals surface area (Å²) in [6, 6.07) is 3.29. The molecule has 0 saturated carbocycles. The van der Waals surface area contributed by atoms with Gasteiger partial charge in [-0.3, -0.25) is 4.79 Å². The second-order valence-corrected chi connectivity index (χ2v) is 5.32. The van der Waals surface area contributed by atoms with E-state index in [1.165, 1.54) is 13.0 Å². The Balaban J connectivity index is 2.47. The fourth-order valence-electron chi connectivity index (χ4n) is 2.42. The molecule has 0 amide bonds. The smallest absolute Gasteiger partial charge is 0.161 e. The normalized spacial score (nSPS) is 23.5. The van der Waals surface area contributed by atoms with Crippen LogP contribution in [0.5, 0.6) is 0 Å². The monoisotopic (exact) mass is 265 g/mol. The molecule has 0 bridgehead atoms. The highest BCUT2D eigenvalue weighted by molar-refractivity contribution is 6.00. The van der Waals surface area contributed by atoms with Crippen molar-refractivity contribution < 1.29 is 13.9 Å². The molecule has 3 nitrogen and oxygen atoms in total. The number of ketones is 1. The molecule has 1 aliphatic rings. The maximum atomic E-state index is 13.7. The molecule has 2 rings (SSSR count). The molecule has 0 N–H and O–H groups in total. The average Bonchev–Trinajstić information content (AvgIpc) is 2.35. The molecule has 0 spiro atoms. The maximum Gasteiger partial charge on any atom is 0.161 e. The number of hydrogen-bond acceptors (Lipinski definition) is 3. The van der Waals surface area contributed by atoms with E-state index >= 15 is 0 Å². The van der Waals surface area contributed by atoms with E-state index in [4.69, 9.17) is 4.74 Å². The lowest BCUT2D eigenvalue weighted by Crippen LogP contribution is -2.48. The number of carbonyl (C=O) groups excluding carboxylic acids is 1. The van der Waals surface area contributed by atoms with E-state index in [1.54, 1.807) is 13.0 Å². The number of Topliss-reactive ketones (excluding diaryl/α,β-unsaturated/α-hetero) is 1. The van der Waals surface area contributed by atoms with Gasteiger partial charge in [0.15, 0.2) is 5.78 Å². The molecule has 0 aromatic heterocycles. The molecule has 4 heteroatoms. The van der Waals surface area contributed by atoms with Gasteiger partial charge in [-0.25, -0.2) is 4.39 Å². The third kappa shape index (κ3) is 2.78. The molecule has 0 aliphatic carbocycles. The second-order valence-electron chi connectivity index (χ2n) is 5.32. The number of carbonyl (C=O) groups is 1. The summed E-state index contributed by atoms with van der Waals surface area (Å²) in [4.78, 5) is 13.9. The topological polar surface area (TPSA) is 29.5 Å². The highest BCUT2D eigenvalue weighted by atomic mass is 19.1. The predicted octanol–water partition coefficient (Wildman–Crippen LogP) is 2.95. The summed E-state index contributed by atoms with van der Waals surface area (Å²) < 4.78 is 19.3. The number of morpholine rings is 1. The van der Waals surface area contributed by atoms with E-state index in [0.29, 0.717) is 24.3 Å². The molecule has 104 valence electrons. The van der Waals surface area contributed by atoms with E-state index < -0.39 is 0 Å². The Morgan fingerprint density at radius 3 is 2.74 bits per heavy atom. The van der Waals surface area contributed by atoms with Crippen molar-refractivity contribution in [2.75, 3.05) is 18.1 Å². The number of hydrogen-bond donors (Lipinski definition) is 0. The van der Waals surface area contributed by atoms with Crippen LogP contribution in [0.15, 0.2) is 12.1 Å². The fourth-order valence-corrected chi connectivity index (χ4v) is 2.42. The highest BCUT2D eigenvalue weighted by Gasteiger charge is 2.26. The maximum absolute atomic E-state index is 13.7. The molecule has 1 heterocycles. The molecule has 2 atom stereocenters. The summed E-state index contributed by atoms with van der Waals surface area (Å²) in [6.45, 7) is 8.58. The summed E-state index contributed by atoms with van der Waals surface area (Å²) in [5.41, 5.74) is 1.82. The first-order valence-electron chi connectivity index (χ1n) is 6.59. The summed E-state index contributed by atoms with van der Waals surface area (Å²) >= 11 is 0. The largest absolute Gasteiger partial charge is 0.375 e. The highest BCUT2D eigenvalue weighted by Crippen LogP contribution is 2.28. The Morgan fingerprint density at radius 1 is 1.42 bits per heavy atom. The van der Waals surface area contributed by atoms with Crippen LogP contribution in [0.4, 0.5) is 10.1 Å². The van der Waals surface area contributed by atoms with E-state index in [-0.39, 0.29) is 23.7 Å².